The predicted molar refractivity (Wildman–Crippen MR) is 34.8 cm³/mol. The smallest absolute Gasteiger partial charge is 0.257 e. The van der Waals surface area contributed by atoms with Crippen molar-refractivity contribution in [3.05, 3.63) is 0 Å². The number of hydrogen-bond acceptors (Lipinski definition) is 1. The van der Waals surface area contributed by atoms with Crippen LogP contribution in [-0.2, 0) is 0 Å². The minimum Gasteiger partial charge on any atom is -0.257 e. The van der Waals surface area contributed by atoms with Crippen LogP contribution in [0.4, 0.5) is 0 Å². The van der Waals surface area contributed by atoms with Gasteiger partial charge in [-0.25, -0.2) is 0 Å². The lowest BCUT2D eigenvalue weighted by Gasteiger charge is -1.85. The van der Waals surface area contributed by atoms with Crippen LogP contribution in [0, 0.1) is 0 Å². The maximum atomic E-state index is 4.23. The van der Waals surface area contributed by atoms with Crippen molar-refractivity contribution in [3.63, 3.8) is 0 Å². The van der Waals surface area contributed by atoms with Gasteiger partial charge in [0.15, 0.2) is 5.71 Å². The van der Waals surface area contributed by atoms with Crippen LogP contribution in [0.15, 0.2) is 4.99 Å². The summed E-state index contributed by atoms with van der Waals surface area (Å²) in [7, 11) is 2.05. The predicted octanol–water partition coefficient (Wildman–Crippen LogP) is 0.522. The first-order valence-corrected chi connectivity index (χ1v) is 2.79. The number of hydrogen-bond donors (Lipinski definition) is 0. The van der Waals surface area contributed by atoms with Gasteiger partial charge in [0, 0.05) is 13.8 Å². The van der Waals surface area contributed by atoms with E-state index in [1.807, 2.05) is 13.8 Å². The molecule has 0 radical (unpaired) electrons. The standard InChI is InChI=1S/C6H11N2/c1-5-4-8(3)6(2)7-5/h4H2,1-3H3/q+1. The van der Waals surface area contributed by atoms with Gasteiger partial charge in [0.2, 0.25) is 0 Å². The monoisotopic (exact) mass is 111 g/mol. The minimum absolute atomic E-state index is 1.01. The molecule has 2 heteroatoms. The average Bonchev–Trinajstić information content (AvgIpc) is 1.85. The third-order valence-corrected chi connectivity index (χ3v) is 1.37. The molecular weight excluding hydrogens is 100 g/mol. The van der Waals surface area contributed by atoms with Gasteiger partial charge in [-0.05, 0) is 0 Å². The van der Waals surface area contributed by atoms with Gasteiger partial charge in [-0.1, -0.05) is 4.99 Å². The number of amidine groups is 1. The van der Waals surface area contributed by atoms with Crippen molar-refractivity contribution in [2.45, 2.75) is 13.8 Å². The first-order valence-electron chi connectivity index (χ1n) is 2.79. The van der Waals surface area contributed by atoms with Crippen molar-refractivity contribution < 1.29 is 4.58 Å². The molecule has 0 amide bonds. The zero-order valence-corrected chi connectivity index (χ0v) is 5.60. The Balaban J connectivity index is 2.79. The highest BCUT2D eigenvalue weighted by Crippen LogP contribution is 1.91. The number of rotatable bonds is 0. The van der Waals surface area contributed by atoms with E-state index in [4.69, 9.17) is 0 Å². The topological polar surface area (TPSA) is 15.4 Å². The number of nitrogens with zero attached hydrogens (tertiary/aromatic N) is 2. The molecule has 0 aromatic carbocycles. The fourth-order valence-corrected chi connectivity index (χ4v) is 0.855. The lowest BCUT2D eigenvalue weighted by Crippen LogP contribution is -2.10. The maximum Gasteiger partial charge on any atom is 0.290 e. The lowest BCUT2D eigenvalue weighted by molar-refractivity contribution is -0.478. The van der Waals surface area contributed by atoms with E-state index in [-0.39, 0.29) is 0 Å². The second kappa shape index (κ2) is 1.69. The zero-order chi connectivity index (χ0) is 6.15. The fourth-order valence-electron chi connectivity index (χ4n) is 0.855. The molecule has 0 saturated heterocycles. The van der Waals surface area contributed by atoms with Gasteiger partial charge in [0.25, 0.3) is 5.84 Å². The van der Waals surface area contributed by atoms with Crippen molar-refractivity contribution in [1.82, 2.24) is 0 Å². The summed E-state index contributed by atoms with van der Waals surface area (Å²) in [5.41, 5.74) is 1.21. The lowest BCUT2D eigenvalue weighted by atomic mass is 10.4. The van der Waals surface area contributed by atoms with E-state index in [2.05, 4.69) is 16.6 Å². The van der Waals surface area contributed by atoms with E-state index in [1.165, 1.54) is 5.71 Å². The molecule has 0 unspecified atom stereocenters. The van der Waals surface area contributed by atoms with Gasteiger partial charge >= 0.3 is 0 Å². The summed E-state index contributed by atoms with van der Waals surface area (Å²) < 4.78 is 2.13. The highest BCUT2D eigenvalue weighted by molar-refractivity contribution is 5.97. The summed E-state index contributed by atoms with van der Waals surface area (Å²) in [5.74, 6) is 1.13. The van der Waals surface area contributed by atoms with Crippen molar-refractivity contribution >= 4 is 11.5 Å². The minimum atomic E-state index is 1.01. The molecule has 2 nitrogen and oxygen atoms in total. The Bertz CT molecular complexity index is 165. The molecule has 0 aromatic heterocycles. The first kappa shape index (κ1) is 5.48. The summed E-state index contributed by atoms with van der Waals surface area (Å²) >= 11 is 0. The molecule has 8 heavy (non-hydrogen) atoms. The second-order valence-corrected chi connectivity index (χ2v) is 2.25. The van der Waals surface area contributed by atoms with Crippen molar-refractivity contribution in [1.29, 1.82) is 0 Å². The molecule has 0 bridgehead atoms. The zero-order valence-electron chi connectivity index (χ0n) is 5.60. The molecule has 0 fully saturated rings. The summed E-state index contributed by atoms with van der Waals surface area (Å²) in [6.07, 6.45) is 0. The van der Waals surface area contributed by atoms with Gasteiger partial charge < -0.3 is 0 Å². The molecule has 0 aromatic rings. The van der Waals surface area contributed by atoms with Crippen LogP contribution < -0.4 is 0 Å². The second-order valence-electron chi connectivity index (χ2n) is 2.25. The molecule has 0 saturated carbocycles. The van der Waals surface area contributed by atoms with E-state index < -0.39 is 0 Å². The van der Waals surface area contributed by atoms with Crippen LogP contribution in [0.3, 0.4) is 0 Å². The number of aliphatic imine (C=N–C) groups is 1. The quantitative estimate of drug-likeness (QED) is 0.405. The van der Waals surface area contributed by atoms with E-state index in [9.17, 15) is 0 Å². The molecule has 0 aliphatic carbocycles. The van der Waals surface area contributed by atoms with Crippen molar-refractivity contribution in [3.8, 4) is 0 Å². The Morgan fingerprint density at radius 1 is 1.50 bits per heavy atom. The Morgan fingerprint density at radius 3 is 2.25 bits per heavy atom. The Morgan fingerprint density at radius 2 is 2.12 bits per heavy atom. The van der Waals surface area contributed by atoms with Crippen LogP contribution in [0.2, 0.25) is 0 Å². The molecule has 1 aliphatic heterocycles. The third kappa shape index (κ3) is 0.782. The maximum absolute atomic E-state index is 4.23. The molecule has 0 N–H and O–H groups in total. The average molecular weight is 111 g/mol. The van der Waals surface area contributed by atoms with Crippen LogP contribution in [0.5, 0.6) is 0 Å². The van der Waals surface area contributed by atoms with Gasteiger partial charge in [-0.3, -0.25) is 4.58 Å². The van der Waals surface area contributed by atoms with Gasteiger partial charge in [0.05, 0.1) is 7.05 Å². The van der Waals surface area contributed by atoms with E-state index in [0.717, 1.165) is 12.4 Å². The van der Waals surface area contributed by atoms with Gasteiger partial charge in [0.1, 0.15) is 6.54 Å². The molecule has 1 rings (SSSR count). The van der Waals surface area contributed by atoms with E-state index >= 15 is 0 Å². The molecular formula is C6H11N2+. The fraction of sp³-hybridized carbons (Fsp3) is 0.667. The highest BCUT2D eigenvalue weighted by atomic mass is 15.1. The van der Waals surface area contributed by atoms with Crippen molar-refractivity contribution in [2.24, 2.45) is 4.99 Å². The van der Waals surface area contributed by atoms with Gasteiger partial charge in [-0.2, -0.15) is 0 Å². The van der Waals surface area contributed by atoms with Crippen molar-refractivity contribution in [2.75, 3.05) is 13.6 Å². The van der Waals surface area contributed by atoms with Crippen LogP contribution in [0.1, 0.15) is 13.8 Å². The molecule has 1 aliphatic rings. The normalized spacial score (nSPS) is 19.6. The van der Waals surface area contributed by atoms with Crippen LogP contribution in [0.25, 0.3) is 0 Å². The Kier molecular flexibility index (Phi) is 1.16. The van der Waals surface area contributed by atoms with Crippen LogP contribution in [-0.4, -0.2) is 29.7 Å². The molecule has 0 atom stereocenters. The largest absolute Gasteiger partial charge is 0.290 e. The first-order chi connectivity index (χ1) is 3.70. The third-order valence-electron chi connectivity index (χ3n) is 1.37. The summed E-state index contributed by atoms with van der Waals surface area (Å²) in [6, 6.07) is 0. The summed E-state index contributed by atoms with van der Waals surface area (Å²) in [4.78, 5) is 4.23. The van der Waals surface area contributed by atoms with Crippen LogP contribution >= 0.6 is 0 Å². The molecule has 1 heterocycles. The SMILES string of the molecule is CC1=NC(C)=[N+](C)C1. The van der Waals surface area contributed by atoms with Gasteiger partial charge in [-0.15, -0.1) is 0 Å². The Hall–Kier alpha value is -0.660. The Labute approximate surface area is 49.6 Å². The molecule has 0 spiro atoms. The van der Waals surface area contributed by atoms with E-state index in [0.29, 0.717) is 0 Å². The summed E-state index contributed by atoms with van der Waals surface area (Å²) in [5, 5.41) is 0. The summed E-state index contributed by atoms with van der Waals surface area (Å²) in [6.45, 7) is 5.08. The molecule has 44 valence electrons. The highest BCUT2D eigenvalue weighted by Gasteiger charge is 2.14. The van der Waals surface area contributed by atoms with E-state index in [1.54, 1.807) is 0 Å².